The molecule has 0 aliphatic carbocycles. The van der Waals surface area contributed by atoms with Crippen LogP contribution in [0.25, 0.3) is 0 Å². The number of benzene rings is 1. The average molecular weight is 232 g/mol. The number of carbonyl (C=O) groups is 1. The molecule has 0 bridgehead atoms. The van der Waals surface area contributed by atoms with E-state index in [0.29, 0.717) is 12.5 Å². The molecule has 1 aliphatic heterocycles. The number of ketones is 1. The van der Waals surface area contributed by atoms with E-state index in [1.54, 1.807) is 0 Å². The standard InChI is InChI=1S/C15H20O2/c1-11(2)8-12-4-3-5-13(9-12)15(16)14-6-7-17-10-14/h3-5,9,11,14H,6-8,10H2,1-2H3. The molecule has 17 heavy (non-hydrogen) atoms. The Bertz CT molecular complexity index is 390. The van der Waals surface area contributed by atoms with Gasteiger partial charge in [-0.3, -0.25) is 4.79 Å². The van der Waals surface area contributed by atoms with Crippen molar-refractivity contribution in [2.75, 3.05) is 13.2 Å². The second-order valence-corrected chi connectivity index (χ2v) is 5.22. The van der Waals surface area contributed by atoms with Crippen LogP contribution in [0.4, 0.5) is 0 Å². The molecule has 2 heteroatoms. The Kier molecular flexibility index (Phi) is 3.95. The number of carbonyl (C=O) groups excluding carboxylic acids is 1. The number of rotatable bonds is 4. The largest absolute Gasteiger partial charge is 0.381 e. The third-order valence-corrected chi connectivity index (χ3v) is 3.16. The van der Waals surface area contributed by atoms with E-state index in [0.717, 1.165) is 25.0 Å². The fourth-order valence-corrected chi connectivity index (χ4v) is 2.30. The Hall–Kier alpha value is -1.15. The molecule has 1 aromatic rings. The summed E-state index contributed by atoms with van der Waals surface area (Å²) >= 11 is 0. The van der Waals surface area contributed by atoms with Crippen molar-refractivity contribution >= 4 is 5.78 Å². The van der Waals surface area contributed by atoms with Gasteiger partial charge in [-0.15, -0.1) is 0 Å². The molecule has 0 aromatic heterocycles. The van der Waals surface area contributed by atoms with Crippen LogP contribution in [0.2, 0.25) is 0 Å². The van der Waals surface area contributed by atoms with Crippen molar-refractivity contribution in [3.63, 3.8) is 0 Å². The van der Waals surface area contributed by atoms with Crippen molar-refractivity contribution in [3.8, 4) is 0 Å². The molecule has 0 amide bonds. The van der Waals surface area contributed by atoms with E-state index in [1.807, 2.05) is 18.2 Å². The zero-order valence-corrected chi connectivity index (χ0v) is 10.6. The lowest BCUT2D eigenvalue weighted by atomic mass is 9.94. The number of hydrogen-bond donors (Lipinski definition) is 0. The van der Waals surface area contributed by atoms with Crippen LogP contribution in [0.15, 0.2) is 24.3 Å². The van der Waals surface area contributed by atoms with Crippen molar-refractivity contribution in [3.05, 3.63) is 35.4 Å². The Morgan fingerprint density at radius 1 is 1.47 bits per heavy atom. The molecule has 0 N–H and O–H groups in total. The van der Waals surface area contributed by atoms with Gasteiger partial charge in [0, 0.05) is 18.1 Å². The first-order valence-corrected chi connectivity index (χ1v) is 6.37. The monoisotopic (exact) mass is 232 g/mol. The van der Waals surface area contributed by atoms with Crippen LogP contribution in [0.5, 0.6) is 0 Å². The zero-order valence-electron chi connectivity index (χ0n) is 10.6. The van der Waals surface area contributed by atoms with Gasteiger partial charge in [-0.1, -0.05) is 32.0 Å². The van der Waals surface area contributed by atoms with E-state index < -0.39 is 0 Å². The lowest BCUT2D eigenvalue weighted by Gasteiger charge is -2.09. The predicted molar refractivity (Wildman–Crippen MR) is 68.2 cm³/mol. The molecular formula is C15H20O2. The smallest absolute Gasteiger partial charge is 0.168 e. The summed E-state index contributed by atoms with van der Waals surface area (Å²) in [6.45, 7) is 5.70. The average Bonchev–Trinajstić information content (AvgIpc) is 2.81. The van der Waals surface area contributed by atoms with E-state index in [1.165, 1.54) is 5.56 Å². The maximum atomic E-state index is 12.2. The molecule has 1 fully saturated rings. The van der Waals surface area contributed by atoms with E-state index >= 15 is 0 Å². The van der Waals surface area contributed by atoms with Gasteiger partial charge in [0.2, 0.25) is 0 Å². The Labute approximate surface area is 103 Å². The minimum Gasteiger partial charge on any atom is -0.381 e. The van der Waals surface area contributed by atoms with Gasteiger partial charge in [-0.25, -0.2) is 0 Å². The summed E-state index contributed by atoms with van der Waals surface area (Å²) in [6.07, 6.45) is 1.90. The molecule has 1 aromatic carbocycles. The van der Waals surface area contributed by atoms with E-state index in [2.05, 4.69) is 19.9 Å². The third kappa shape index (κ3) is 3.16. The lowest BCUT2D eigenvalue weighted by Crippen LogP contribution is -2.14. The fourth-order valence-electron chi connectivity index (χ4n) is 2.30. The van der Waals surface area contributed by atoms with Crippen LogP contribution in [0.1, 0.15) is 36.2 Å². The minimum absolute atomic E-state index is 0.0734. The van der Waals surface area contributed by atoms with Crippen molar-refractivity contribution in [2.24, 2.45) is 11.8 Å². The highest BCUT2D eigenvalue weighted by molar-refractivity contribution is 5.98. The minimum atomic E-state index is 0.0734. The summed E-state index contributed by atoms with van der Waals surface area (Å²) in [7, 11) is 0. The number of Topliss-reactive ketones (excluding diaryl/α,β-unsaturated/α-hetero) is 1. The Morgan fingerprint density at radius 3 is 2.94 bits per heavy atom. The normalized spacial score (nSPS) is 19.8. The molecule has 1 atom stereocenters. The van der Waals surface area contributed by atoms with Crippen LogP contribution < -0.4 is 0 Å². The second-order valence-electron chi connectivity index (χ2n) is 5.22. The topological polar surface area (TPSA) is 26.3 Å². The highest BCUT2D eigenvalue weighted by atomic mass is 16.5. The summed E-state index contributed by atoms with van der Waals surface area (Å²) in [5, 5.41) is 0. The predicted octanol–water partition coefficient (Wildman–Crippen LogP) is 3.10. The molecule has 0 saturated carbocycles. The summed E-state index contributed by atoms with van der Waals surface area (Å²) in [6, 6.07) is 8.05. The Balaban J connectivity index is 2.12. The molecule has 2 nitrogen and oxygen atoms in total. The van der Waals surface area contributed by atoms with Crippen molar-refractivity contribution < 1.29 is 9.53 Å². The maximum Gasteiger partial charge on any atom is 0.168 e. The van der Waals surface area contributed by atoms with E-state index in [9.17, 15) is 4.79 Å². The van der Waals surface area contributed by atoms with Crippen molar-refractivity contribution in [2.45, 2.75) is 26.7 Å². The van der Waals surface area contributed by atoms with Gasteiger partial charge >= 0.3 is 0 Å². The van der Waals surface area contributed by atoms with Gasteiger partial charge in [-0.2, -0.15) is 0 Å². The van der Waals surface area contributed by atoms with Crippen LogP contribution in [0.3, 0.4) is 0 Å². The molecule has 1 saturated heterocycles. The molecule has 0 radical (unpaired) electrons. The van der Waals surface area contributed by atoms with Gasteiger partial charge in [0.1, 0.15) is 0 Å². The summed E-state index contributed by atoms with van der Waals surface area (Å²) in [5.41, 5.74) is 2.10. The van der Waals surface area contributed by atoms with Gasteiger partial charge < -0.3 is 4.74 Å². The van der Waals surface area contributed by atoms with Crippen molar-refractivity contribution in [1.29, 1.82) is 0 Å². The first-order valence-electron chi connectivity index (χ1n) is 6.37. The summed E-state index contributed by atoms with van der Waals surface area (Å²) < 4.78 is 5.27. The molecule has 1 heterocycles. The van der Waals surface area contributed by atoms with Gasteiger partial charge in [0.25, 0.3) is 0 Å². The van der Waals surface area contributed by atoms with Crippen LogP contribution in [-0.4, -0.2) is 19.0 Å². The van der Waals surface area contributed by atoms with Crippen molar-refractivity contribution in [1.82, 2.24) is 0 Å². The number of ether oxygens (including phenoxy) is 1. The van der Waals surface area contributed by atoms with Gasteiger partial charge in [0.15, 0.2) is 5.78 Å². The molecule has 0 spiro atoms. The SMILES string of the molecule is CC(C)Cc1cccc(C(=O)C2CCOC2)c1. The van der Waals surface area contributed by atoms with Crippen LogP contribution in [-0.2, 0) is 11.2 Å². The number of hydrogen-bond acceptors (Lipinski definition) is 2. The fraction of sp³-hybridized carbons (Fsp3) is 0.533. The highest BCUT2D eigenvalue weighted by Gasteiger charge is 2.24. The van der Waals surface area contributed by atoms with Gasteiger partial charge in [0.05, 0.1) is 6.61 Å². The summed E-state index contributed by atoms with van der Waals surface area (Å²) in [4.78, 5) is 12.2. The van der Waals surface area contributed by atoms with Crippen LogP contribution >= 0.6 is 0 Å². The maximum absolute atomic E-state index is 12.2. The molecule has 92 valence electrons. The first kappa shape index (κ1) is 12.3. The summed E-state index contributed by atoms with van der Waals surface area (Å²) in [5.74, 6) is 0.938. The molecule has 2 rings (SSSR count). The lowest BCUT2D eigenvalue weighted by molar-refractivity contribution is 0.0900. The van der Waals surface area contributed by atoms with E-state index in [4.69, 9.17) is 4.74 Å². The van der Waals surface area contributed by atoms with E-state index in [-0.39, 0.29) is 11.7 Å². The molecule has 1 unspecified atom stereocenters. The quantitative estimate of drug-likeness (QED) is 0.746. The highest BCUT2D eigenvalue weighted by Crippen LogP contribution is 2.20. The molecule has 1 aliphatic rings. The Morgan fingerprint density at radius 2 is 2.29 bits per heavy atom. The third-order valence-electron chi connectivity index (χ3n) is 3.16. The van der Waals surface area contributed by atoms with Crippen LogP contribution in [0, 0.1) is 11.8 Å². The van der Waals surface area contributed by atoms with Gasteiger partial charge in [-0.05, 0) is 30.4 Å². The molecular weight excluding hydrogens is 212 g/mol. The first-order chi connectivity index (χ1) is 8.16. The zero-order chi connectivity index (χ0) is 12.3. The second kappa shape index (κ2) is 5.46.